The molecule has 0 N–H and O–H groups in total. The molecule has 46 valence electrons. The average molecular weight is 120 g/mol. The van der Waals surface area contributed by atoms with Gasteiger partial charge in [-0.25, -0.2) is 0 Å². The highest BCUT2D eigenvalue weighted by molar-refractivity contribution is 5.31. The van der Waals surface area contributed by atoms with E-state index in [0.29, 0.717) is 0 Å². The normalized spacial score (nSPS) is 8.22. The van der Waals surface area contributed by atoms with Gasteiger partial charge in [0, 0.05) is 5.56 Å². The number of rotatable bonds is 0. The summed E-state index contributed by atoms with van der Waals surface area (Å²) < 4.78 is 5.03. The van der Waals surface area contributed by atoms with Crippen LogP contribution in [0.1, 0.15) is 18.2 Å². The van der Waals surface area contributed by atoms with E-state index in [2.05, 4.69) is 11.8 Å². The molecule has 0 amide bonds. The maximum atomic E-state index is 5.03. The minimum Gasteiger partial charge on any atom is -0.456 e. The molecule has 0 radical (unpaired) electrons. The highest BCUT2D eigenvalue weighted by atomic mass is 16.3. The van der Waals surface area contributed by atoms with E-state index in [0.717, 1.165) is 11.3 Å². The van der Waals surface area contributed by atoms with Crippen molar-refractivity contribution in [2.75, 3.05) is 0 Å². The second-order valence-electron chi connectivity index (χ2n) is 1.81. The fraction of sp³-hybridized carbons (Fsp3) is 0.250. The molecule has 9 heavy (non-hydrogen) atoms. The highest BCUT2D eigenvalue weighted by Gasteiger charge is 1.93. The monoisotopic (exact) mass is 120 g/mol. The summed E-state index contributed by atoms with van der Waals surface area (Å²) in [6.45, 7) is 3.77. The van der Waals surface area contributed by atoms with Gasteiger partial charge < -0.3 is 4.42 Å². The van der Waals surface area contributed by atoms with Crippen LogP contribution in [-0.2, 0) is 0 Å². The van der Waals surface area contributed by atoms with Crippen LogP contribution in [0.25, 0.3) is 0 Å². The standard InChI is InChI=1S/C8H8O/c1-3-4-8-7(2)5-6-9-8/h5-6H,1-2H3. The molecule has 1 aromatic heterocycles. The molecule has 0 saturated carbocycles. The largest absolute Gasteiger partial charge is 0.456 e. The Kier molecular flexibility index (Phi) is 1.60. The summed E-state index contributed by atoms with van der Waals surface area (Å²) in [5, 5.41) is 0. The number of aryl methyl sites for hydroxylation is 1. The van der Waals surface area contributed by atoms with Crippen molar-refractivity contribution < 1.29 is 4.42 Å². The van der Waals surface area contributed by atoms with Crippen molar-refractivity contribution in [3.05, 3.63) is 23.7 Å². The predicted octanol–water partition coefficient (Wildman–Crippen LogP) is 1.96. The smallest absolute Gasteiger partial charge is 0.179 e. The van der Waals surface area contributed by atoms with Crippen LogP contribution < -0.4 is 0 Å². The third kappa shape index (κ3) is 1.14. The minimum atomic E-state index is 0.775. The van der Waals surface area contributed by atoms with Crippen LogP contribution in [-0.4, -0.2) is 0 Å². The molecule has 0 unspecified atom stereocenters. The third-order valence-corrected chi connectivity index (χ3v) is 1.10. The van der Waals surface area contributed by atoms with E-state index in [1.165, 1.54) is 0 Å². The summed E-state index contributed by atoms with van der Waals surface area (Å²) >= 11 is 0. The lowest BCUT2D eigenvalue weighted by Crippen LogP contribution is -1.69. The van der Waals surface area contributed by atoms with Crippen molar-refractivity contribution in [2.45, 2.75) is 13.8 Å². The maximum absolute atomic E-state index is 5.03. The lowest BCUT2D eigenvalue weighted by molar-refractivity contribution is 0.552. The van der Waals surface area contributed by atoms with Crippen LogP contribution in [0, 0.1) is 18.8 Å². The van der Waals surface area contributed by atoms with Crippen LogP contribution in [0.15, 0.2) is 16.7 Å². The van der Waals surface area contributed by atoms with Crippen molar-refractivity contribution in [3.8, 4) is 11.8 Å². The summed E-state index contributed by atoms with van der Waals surface area (Å²) in [5.74, 6) is 6.38. The fourth-order valence-corrected chi connectivity index (χ4v) is 0.614. The maximum Gasteiger partial charge on any atom is 0.179 e. The van der Waals surface area contributed by atoms with E-state index in [-0.39, 0.29) is 0 Å². The molecule has 1 aromatic rings. The van der Waals surface area contributed by atoms with Gasteiger partial charge in [0.25, 0.3) is 0 Å². The molecule has 1 heteroatoms. The summed E-state index contributed by atoms with van der Waals surface area (Å²) in [7, 11) is 0. The molecule has 0 spiro atoms. The Balaban J connectivity index is 3.03. The number of furan rings is 1. The molecule has 0 aliphatic rings. The van der Waals surface area contributed by atoms with Crippen LogP contribution in [0.3, 0.4) is 0 Å². The van der Waals surface area contributed by atoms with E-state index in [9.17, 15) is 0 Å². The number of hydrogen-bond donors (Lipinski definition) is 0. The van der Waals surface area contributed by atoms with Crippen molar-refractivity contribution in [1.82, 2.24) is 0 Å². The van der Waals surface area contributed by atoms with Crippen LogP contribution in [0.5, 0.6) is 0 Å². The van der Waals surface area contributed by atoms with E-state index in [1.54, 1.807) is 13.2 Å². The lowest BCUT2D eigenvalue weighted by Gasteiger charge is -1.80. The minimum absolute atomic E-state index is 0.775. The van der Waals surface area contributed by atoms with Gasteiger partial charge in [0.2, 0.25) is 0 Å². The fourth-order valence-electron chi connectivity index (χ4n) is 0.614. The van der Waals surface area contributed by atoms with Gasteiger partial charge in [-0.2, -0.15) is 0 Å². The Bertz CT molecular complexity index is 247. The van der Waals surface area contributed by atoms with Crippen molar-refractivity contribution in [3.63, 3.8) is 0 Å². The number of hydrogen-bond acceptors (Lipinski definition) is 1. The first-order chi connectivity index (χ1) is 4.34. The van der Waals surface area contributed by atoms with E-state index < -0.39 is 0 Å². The zero-order valence-electron chi connectivity index (χ0n) is 5.56. The summed E-state index contributed by atoms with van der Waals surface area (Å²) in [6, 6.07) is 1.90. The van der Waals surface area contributed by atoms with Gasteiger partial charge in [-0.05, 0) is 25.8 Å². The van der Waals surface area contributed by atoms with Gasteiger partial charge in [0.1, 0.15) is 0 Å². The predicted molar refractivity (Wildman–Crippen MR) is 36.0 cm³/mol. The average Bonchev–Trinajstić information content (AvgIpc) is 2.18. The van der Waals surface area contributed by atoms with Gasteiger partial charge in [0.05, 0.1) is 6.26 Å². The van der Waals surface area contributed by atoms with Crippen LogP contribution in [0.2, 0.25) is 0 Å². The van der Waals surface area contributed by atoms with Crippen LogP contribution in [0.4, 0.5) is 0 Å². The SMILES string of the molecule is CC#Cc1occc1C. The Morgan fingerprint density at radius 2 is 2.33 bits per heavy atom. The molecule has 0 fully saturated rings. The Morgan fingerprint density at radius 1 is 1.56 bits per heavy atom. The molecular formula is C8H8O. The summed E-state index contributed by atoms with van der Waals surface area (Å²) in [4.78, 5) is 0. The molecule has 0 aromatic carbocycles. The Labute approximate surface area is 54.7 Å². The summed E-state index contributed by atoms with van der Waals surface area (Å²) in [5.41, 5.74) is 1.10. The first-order valence-electron chi connectivity index (χ1n) is 2.81. The first-order valence-corrected chi connectivity index (χ1v) is 2.81. The summed E-state index contributed by atoms with van der Waals surface area (Å²) in [6.07, 6.45) is 1.65. The third-order valence-electron chi connectivity index (χ3n) is 1.10. The van der Waals surface area contributed by atoms with Crippen molar-refractivity contribution >= 4 is 0 Å². The van der Waals surface area contributed by atoms with E-state index in [4.69, 9.17) is 4.42 Å². The van der Waals surface area contributed by atoms with Gasteiger partial charge in [-0.3, -0.25) is 0 Å². The van der Waals surface area contributed by atoms with E-state index in [1.807, 2.05) is 13.0 Å². The van der Waals surface area contributed by atoms with Gasteiger partial charge in [-0.1, -0.05) is 5.92 Å². The van der Waals surface area contributed by atoms with Crippen molar-refractivity contribution in [1.29, 1.82) is 0 Å². The second kappa shape index (κ2) is 2.41. The molecule has 0 aliphatic heterocycles. The zero-order chi connectivity index (χ0) is 6.69. The topological polar surface area (TPSA) is 13.1 Å². The molecule has 1 nitrogen and oxygen atoms in total. The Hall–Kier alpha value is -1.16. The molecular weight excluding hydrogens is 112 g/mol. The first kappa shape index (κ1) is 5.97. The quantitative estimate of drug-likeness (QED) is 0.477. The molecule has 0 saturated heterocycles. The lowest BCUT2D eigenvalue weighted by atomic mass is 10.3. The van der Waals surface area contributed by atoms with E-state index >= 15 is 0 Å². The van der Waals surface area contributed by atoms with Gasteiger partial charge >= 0.3 is 0 Å². The Morgan fingerprint density at radius 3 is 2.78 bits per heavy atom. The molecule has 0 atom stereocenters. The molecule has 0 aliphatic carbocycles. The van der Waals surface area contributed by atoms with Gasteiger partial charge in [-0.15, -0.1) is 0 Å². The zero-order valence-corrected chi connectivity index (χ0v) is 5.56. The van der Waals surface area contributed by atoms with Gasteiger partial charge in [0.15, 0.2) is 5.76 Å². The molecule has 1 rings (SSSR count). The second-order valence-corrected chi connectivity index (χ2v) is 1.81. The molecule has 0 bridgehead atoms. The molecule has 1 heterocycles. The van der Waals surface area contributed by atoms with Crippen LogP contribution >= 0.6 is 0 Å². The van der Waals surface area contributed by atoms with Crippen molar-refractivity contribution in [2.24, 2.45) is 0 Å². The highest BCUT2D eigenvalue weighted by Crippen LogP contribution is 2.05.